The molecule has 1 heterocycles. The zero-order valence-corrected chi connectivity index (χ0v) is 12.7. The summed E-state index contributed by atoms with van der Waals surface area (Å²) in [5.41, 5.74) is 2.07. The number of imidazole rings is 1. The van der Waals surface area contributed by atoms with Gasteiger partial charge >= 0.3 is 0 Å². The van der Waals surface area contributed by atoms with E-state index in [1.54, 1.807) is 25.1 Å². The summed E-state index contributed by atoms with van der Waals surface area (Å²) in [5.74, 6) is 0.176. The van der Waals surface area contributed by atoms with E-state index >= 15 is 0 Å². The summed E-state index contributed by atoms with van der Waals surface area (Å²) < 4.78 is 27.3. The molecule has 3 aromatic rings. The number of para-hydroxylation sites is 2. The lowest BCUT2D eigenvalue weighted by Gasteiger charge is -2.08. The Morgan fingerprint density at radius 3 is 2.71 bits per heavy atom. The molecule has 0 spiro atoms. The van der Waals surface area contributed by atoms with Gasteiger partial charge in [0.05, 0.1) is 15.9 Å². The first-order valence-electron chi connectivity index (χ1n) is 6.19. The van der Waals surface area contributed by atoms with Gasteiger partial charge in [0, 0.05) is 5.02 Å². The molecule has 0 fully saturated rings. The van der Waals surface area contributed by atoms with Crippen LogP contribution >= 0.6 is 11.6 Å². The van der Waals surface area contributed by atoms with Gasteiger partial charge in [-0.2, -0.15) is 0 Å². The molecule has 2 aromatic carbocycles. The predicted octanol–water partition coefficient (Wildman–Crippen LogP) is 3.33. The SMILES string of the molecule is Cc1ccc(Cl)cc1S(=O)(=O)Nc1nc2ccccc2[nH]1. The van der Waals surface area contributed by atoms with Gasteiger partial charge < -0.3 is 4.98 Å². The lowest BCUT2D eigenvalue weighted by molar-refractivity contribution is 0.600. The summed E-state index contributed by atoms with van der Waals surface area (Å²) in [4.78, 5) is 7.25. The molecule has 0 saturated carbocycles. The molecule has 0 atom stereocenters. The average molecular weight is 322 g/mol. The topological polar surface area (TPSA) is 74.8 Å². The summed E-state index contributed by atoms with van der Waals surface area (Å²) in [6.07, 6.45) is 0. The number of nitrogens with one attached hydrogen (secondary N) is 2. The van der Waals surface area contributed by atoms with Gasteiger partial charge in [-0.25, -0.2) is 18.1 Å². The number of rotatable bonds is 3. The van der Waals surface area contributed by atoms with E-state index in [4.69, 9.17) is 11.6 Å². The van der Waals surface area contributed by atoms with E-state index in [2.05, 4.69) is 14.7 Å². The minimum atomic E-state index is -3.74. The molecule has 0 aliphatic rings. The second kappa shape index (κ2) is 5.05. The average Bonchev–Trinajstić information content (AvgIpc) is 2.82. The van der Waals surface area contributed by atoms with E-state index in [0.29, 0.717) is 16.1 Å². The van der Waals surface area contributed by atoms with Crippen molar-refractivity contribution in [1.29, 1.82) is 0 Å². The number of H-pyrrole nitrogens is 1. The maximum Gasteiger partial charge on any atom is 0.264 e. The highest BCUT2D eigenvalue weighted by atomic mass is 35.5. The third-order valence-corrected chi connectivity index (χ3v) is 4.78. The van der Waals surface area contributed by atoms with Crippen molar-refractivity contribution in [2.45, 2.75) is 11.8 Å². The fourth-order valence-corrected chi connectivity index (χ4v) is 3.52. The highest BCUT2D eigenvalue weighted by Gasteiger charge is 2.19. The van der Waals surface area contributed by atoms with Gasteiger partial charge in [-0.3, -0.25) is 0 Å². The number of hydrogen-bond acceptors (Lipinski definition) is 3. The summed E-state index contributed by atoms with van der Waals surface area (Å²) in [6, 6.07) is 12.0. The number of aromatic amines is 1. The molecule has 5 nitrogen and oxygen atoms in total. The van der Waals surface area contributed by atoms with Crippen molar-refractivity contribution in [1.82, 2.24) is 9.97 Å². The molecule has 3 rings (SSSR count). The molecule has 0 amide bonds. The van der Waals surface area contributed by atoms with E-state index in [9.17, 15) is 8.42 Å². The van der Waals surface area contributed by atoms with Crippen LogP contribution in [0, 0.1) is 6.92 Å². The van der Waals surface area contributed by atoms with Gasteiger partial charge in [0.1, 0.15) is 0 Å². The summed E-state index contributed by atoms with van der Waals surface area (Å²) in [7, 11) is -3.74. The largest absolute Gasteiger partial charge is 0.323 e. The van der Waals surface area contributed by atoms with Crippen LogP contribution in [-0.2, 0) is 10.0 Å². The Balaban J connectivity index is 2.01. The zero-order valence-electron chi connectivity index (χ0n) is 11.1. The first kappa shape index (κ1) is 13.9. The van der Waals surface area contributed by atoms with Crippen molar-refractivity contribution in [2.24, 2.45) is 0 Å². The van der Waals surface area contributed by atoms with Gasteiger partial charge in [-0.1, -0.05) is 29.8 Å². The maximum atomic E-state index is 12.4. The molecule has 108 valence electrons. The van der Waals surface area contributed by atoms with Gasteiger partial charge in [-0.05, 0) is 36.8 Å². The molecular formula is C14H12ClN3O2S. The van der Waals surface area contributed by atoms with Crippen molar-refractivity contribution in [2.75, 3.05) is 4.72 Å². The molecule has 0 aliphatic heterocycles. The Bertz CT molecular complexity index is 886. The fourth-order valence-electron chi connectivity index (χ4n) is 2.05. The van der Waals surface area contributed by atoms with Gasteiger partial charge in [-0.15, -0.1) is 0 Å². The lowest BCUT2D eigenvalue weighted by Crippen LogP contribution is -2.15. The minimum Gasteiger partial charge on any atom is -0.323 e. The van der Waals surface area contributed by atoms with E-state index in [-0.39, 0.29) is 10.8 Å². The molecule has 1 aromatic heterocycles. The molecule has 0 saturated heterocycles. The smallest absolute Gasteiger partial charge is 0.264 e. The second-order valence-electron chi connectivity index (χ2n) is 4.62. The van der Waals surface area contributed by atoms with E-state index < -0.39 is 10.0 Å². The molecule has 0 radical (unpaired) electrons. The quantitative estimate of drug-likeness (QED) is 0.777. The van der Waals surface area contributed by atoms with Crippen molar-refractivity contribution in [3.8, 4) is 0 Å². The molecule has 0 aliphatic carbocycles. The molecule has 0 bridgehead atoms. The first-order chi connectivity index (χ1) is 9.95. The number of halogens is 1. The summed E-state index contributed by atoms with van der Waals surface area (Å²) in [5, 5.41) is 0.366. The number of aromatic nitrogens is 2. The van der Waals surface area contributed by atoms with E-state index in [0.717, 1.165) is 5.52 Å². The zero-order chi connectivity index (χ0) is 15.0. The van der Waals surface area contributed by atoms with Crippen LogP contribution in [0.15, 0.2) is 47.4 Å². The maximum absolute atomic E-state index is 12.4. The molecule has 21 heavy (non-hydrogen) atoms. The molecule has 2 N–H and O–H groups in total. The number of anilines is 1. The van der Waals surface area contributed by atoms with Crippen LogP contribution in [0.5, 0.6) is 0 Å². The third kappa shape index (κ3) is 2.72. The second-order valence-corrected chi connectivity index (χ2v) is 6.71. The van der Waals surface area contributed by atoms with Crippen LogP contribution in [0.25, 0.3) is 11.0 Å². The first-order valence-corrected chi connectivity index (χ1v) is 8.05. The number of hydrogen-bond donors (Lipinski definition) is 2. The van der Waals surface area contributed by atoms with Crippen molar-refractivity contribution < 1.29 is 8.42 Å². The van der Waals surface area contributed by atoms with Crippen LogP contribution in [-0.4, -0.2) is 18.4 Å². The van der Waals surface area contributed by atoms with Crippen LogP contribution in [0.3, 0.4) is 0 Å². The number of benzene rings is 2. The minimum absolute atomic E-state index is 0.135. The fraction of sp³-hybridized carbons (Fsp3) is 0.0714. The third-order valence-electron chi connectivity index (χ3n) is 3.06. The highest BCUT2D eigenvalue weighted by Crippen LogP contribution is 2.23. The van der Waals surface area contributed by atoms with Gasteiger partial charge in [0.2, 0.25) is 5.95 Å². The Hall–Kier alpha value is -2.05. The Kier molecular flexibility index (Phi) is 3.35. The Morgan fingerprint density at radius 2 is 1.95 bits per heavy atom. The monoisotopic (exact) mass is 321 g/mol. The van der Waals surface area contributed by atoms with Crippen molar-refractivity contribution in [3.63, 3.8) is 0 Å². The summed E-state index contributed by atoms with van der Waals surface area (Å²) in [6.45, 7) is 1.71. The Morgan fingerprint density at radius 1 is 1.19 bits per heavy atom. The molecular weight excluding hydrogens is 310 g/mol. The van der Waals surface area contributed by atoms with Crippen LogP contribution in [0.1, 0.15) is 5.56 Å². The number of nitrogens with zero attached hydrogens (tertiary/aromatic N) is 1. The standard InChI is InChI=1S/C14H12ClN3O2S/c1-9-6-7-10(15)8-13(9)21(19,20)18-14-16-11-4-2-3-5-12(11)17-14/h2-8H,1H3,(H2,16,17,18). The molecule has 0 unspecified atom stereocenters. The predicted molar refractivity (Wildman–Crippen MR) is 83.1 cm³/mol. The number of fused-ring (bicyclic) bond motifs is 1. The van der Waals surface area contributed by atoms with Crippen LogP contribution in [0.4, 0.5) is 5.95 Å². The molecule has 7 heteroatoms. The number of sulfonamides is 1. The van der Waals surface area contributed by atoms with Crippen LogP contribution < -0.4 is 4.72 Å². The lowest BCUT2D eigenvalue weighted by atomic mass is 10.2. The number of aryl methyl sites for hydroxylation is 1. The highest BCUT2D eigenvalue weighted by molar-refractivity contribution is 7.92. The van der Waals surface area contributed by atoms with Gasteiger partial charge in [0.15, 0.2) is 0 Å². The van der Waals surface area contributed by atoms with Crippen LogP contribution in [0.2, 0.25) is 5.02 Å². The van der Waals surface area contributed by atoms with E-state index in [1.165, 1.54) is 6.07 Å². The summed E-state index contributed by atoms with van der Waals surface area (Å²) >= 11 is 5.87. The van der Waals surface area contributed by atoms with Crippen molar-refractivity contribution >= 4 is 38.6 Å². The normalized spacial score (nSPS) is 11.7. The van der Waals surface area contributed by atoms with Crippen molar-refractivity contribution in [3.05, 3.63) is 53.1 Å². The van der Waals surface area contributed by atoms with E-state index in [1.807, 2.05) is 18.2 Å². The Labute approximate surface area is 127 Å². The van der Waals surface area contributed by atoms with Gasteiger partial charge in [0.25, 0.3) is 10.0 Å².